The number of hydrogen-bond donors (Lipinski definition) is 8. The molecule has 0 fully saturated rings. The Bertz CT molecular complexity index is 2200. The van der Waals surface area contributed by atoms with Crippen LogP contribution in [0.5, 0.6) is 0 Å². The number of aliphatic hydroxyl groups is 2. The fourth-order valence-electron chi connectivity index (χ4n) is 4.77. The van der Waals surface area contributed by atoms with Crippen LogP contribution < -0.4 is 91.5 Å². The van der Waals surface area contributed by atoms with Crippen LogP contribution in [-0.4, -0.2) is 58.3 Å². The third-order valence-electron chi connectivity index (χ3n) is 6.97. The van der Waals surface area contributed by atoms with Gasteiger partial charge in [-0.1, -0.05) is 60.7 Å². The van der Waals surface area contributed by atoms with Crippen molar-refractivity contribution >= 4 is 66.8 Å². The Labute approximate surface area is 354 Å². The van der Waals surface area contributed by atoms with Gasteiger partial charge in [-0.3, -0.25) is 10.9 Å². The smallest absolute Gasteiger partial charge is 0.744 e. The Morgan fingerprint density at radius 3 is 1.30 bits per heavy atom. The van der Waals surface area contributed by atoms with Gasteiger partial charge in [-0.15, -0.1) is 20.7 Å². The molecule has 18 nitrogen and oxygen atoms in total. The minimum Gasteiger partial charge on any atom is -0.744 e. The van der Waals surface area contributed by atoms with Crippen molar-refractivity contribution in [2.24, 2.45) is 10.2 Å². The molecular formula is C32H28N10Na2O8S2. The number of aliphatic hydroxyl groups excluding tert-OH is 2. The van der Waals surface area contributed by atoms with Crippen molar-refractivity contribution in [1.29, 1.82) is 0 Å². The minimum atomic E-state index is -5.09. The molecule has 54 heavy (non-hydrogen) atoms. The Kier molecular flexibility index (Phi) is 14.0. The molecule has 2 aliphatic heterocycles. The van der Waals surface area contributed by atoms with Gasteiger partial charge in [-0.05, 0) is 59.7 Å². The van der Waals surface area contributed by atoms with Crippen LogP contribution in [0.3, 0.4) is 0 Å². The molecule has 4 aromatic rings. The van der Waals surface area contributed by atoms with E-state index in [1.165, 1.54) is 48.6 Å². The first-order valence-electron chi connectivity index (χ1n) is 15.0. The van der Waals surface area contributed by atoms with E-state index in [9.17, 15) is 36.2 Å². The van der Waals surface area contributed by atoms with E-state index in [2.05, 4.69) is 42.5 Å². The number of amidine groups is 2. The molecule has 4 aromatic carbocycles. The van der Waals surface area contributed by atoms with Crippen LogP contribution in [0.15, 0.2) is 141 Å². The van der Waals surface area contributed by atoms with E-state index in [0.29, 0.717) is 11.4 Å². The monoisotopic (exact) mass is 790 g/mol. The Morgan fingerprint density at radius 1 is 0.574 bits per heavy atom. The van der Waals surface area contributed by atoms with E-state index in [0.717, 1.165) is 22.6 Å². The molecule has 22 heteroatoms. The third kappa shape index (κ3) is 11.4. The van der Waals surface area contributed by atoms with Crippen molar-refractivity contribution in [2.75, 3.05) is 21.5 Å². The van der Waals surface area contributed by atoms with Crippen LogP contribution in [0, 0.1) is 0 Å². The van der Waals surface area contributed by atoms with Gasteiger partial charge in [0.05, 0.1) is 21.2 Å². The van der Waals surface area contributed by atoms with Gasteiger partial charge >= 0.3 is 59.1 Å². The van der Waals surface area contributed by atoms with Crippen molar-refractivity contribution in [3.8, 4) is 0 Å². The molecule has 2 heterocycles. The average molecular weight is 791 g/mol. The standard InChI is InChI=1S/C32H30N10O8S2.2Na/c43-31-19-29(33-23-7-3-1-4-8-23)37-41(39-31)35-25-15-13-21(27(17-25)51(45,46)47)11-12-22-14-16-26(18-28(22)52(48,49)50)36-42-38-30(20-32(44)40-42)34-24-9-5-2-6-10-24;;/h1-20,35-36,39-40,43-44H,(H,33,37)(H,34,38)(H,45,46,47)(H,48,49,50);;/q;2*+1/p-2. The average Bonchev–Trinajstić information content (AvgIpc) is 3.07. The summed E-state index contributed by atoms with van der Waals surface area (Å²) in [6, 6.07) is 25.3. The first kappa shape index (κ1) is 42.0. The van der Waals surface area contributed by atoms with E-state index in [1.54, 1.807) is 48.5 Å². The quantitative estimate of drug-likeness (QED) is 0.0474. The summed E-state index contributed by atoms with van der Waals surface area (Å²) in [6.45, 7) is 0. The number of hydrogen-bond acceptors (Lipinski definition) is 18. The number of nitrogens with one attached hydrogen (secondary N) is 6. The number of rotatable bonds is 10. The molecule has 8 N–H and O–H groups in total. The zero-order valence-corrected chi connectivity index (χ0v) is 34.1. The van der Waals surface area contributed by atoms with Crippen LogP contribution in [0.1, 0.15) is 11.1 Å². The molecule has 0 bridgehead atoms. The van der Waals surface area contributed by atoms with Crippen LogP contribution in [0.25, 0.3) is 12.2 Å². The zero-order chi connectivity index (χ0) is 36.9. The van der Waals surface area contributed by atoms with E-state index in [1.807, 2.05) is 12.1 Å². The summed E-state index contributed by atoms with van der Waals surface area (Å²) >= 11 is 0. The summed E-state index contributed by atoms with van der Waals surface area (Å²) in [5.74, 6) is -0.170. The van der Waals surface area contributed by atoms with E-state index >= 15 is 0 Å². The molecule has 0 amide bonds. The Morgan fingerprint density at radius 2 is 0.944 bits per heavy atom. The number of benzene rings is 4. The fourth-order valence-corrected chi connectivity index (χ4v) is 6.16. The molecule has 6 rings (SSSR count). The first-order chi connectivity index (χ1) is 24.8. The van der Waals surface area contributed by atoms with Crippen LogP contribution >= 0.6 is 0 Å². The minimum absolute atomic E-state index is 0. The largest absolute Gasteiger partial charge is 1.00 e. The maximum atomic E-state index is 12.3. The number of hydrazine groups is 4. The van der Waals surface area contributed by atoms with E-state index in [4.69, 9.17) is 0 Å². The van der Waals surface area contributed by atoms with Gasteiger partial charge in [0.1, 0.15) is 20.2 Å². The first-order valence-corrected chi connectivity index (χ1v) is 17.8. The predicted molar refractivity (Wildman–Crippen MR) is 191 cm³/mol. The van der Waals surface area contributed by atoms with E-state index in [-0.39, 0.29) is 105 Å². The zero-order valence-electron chi connectivity index (χ0n) is 28.5. The molecule has 0 aromatic heterocycles. The summed E-state index contributed by atoms with van der Waals surface area (Å²) in [7, 11) is -10.2. The van der Waals surface area contributed by atoms with Gasteiger partial charge in [0, 0.05) is 23.5 Å². The molecule has 268 valence electrons. The number of para-hydroxylation sites is 2. The second-order valence-electron chi connectivity index (χ2n) is 10.8. The molecule has 0 atom stereocenters. The molecule has 2 aliphatic rings. The molecule has 0 saturated heterocycles. The number of anilines is 4. The van der Waals surface area contributed by atoms with Crippen molar-refractivity contribution in [3.63, 3.8) is 0 Å². The summed E-state index contributed by atoms with van der Waals surface area (Å²) in [4.78, 5) is -1.35. The number of nitrogens with zero attached hydrogens (tertiary/aromatic N) is 4. The van der Waals surface area contributed by atoms with Crippen molar-refractivity contribution in [2.45, 2.75) is 9.79 Å². The Balaban J connectivity index is 0.00000325. The molecular weight excluding hydrogens is 763 g/mol. The Hall–Kier alpha value is -4.74. The van der Waals surface area contributed by atoms with Crippen LogP contribution in [-0.2, 0) is 20.2 Å². The van der Waals surface area contributed by atoms with Gasteiger partial charge in [-0.2, -0.15) is 0 Å². The van der Waals surface area contributed by atoms with Crippen LogP contribution in [0.2, 0.25) is 0 Å². The van der Waals surface area contributed by atoms with Crippen molar-refractivity contribution < 1.29 is 95.3 Å². The van der Waals surface area contributed by atoms with Gasteiger partial charge in [0.25, 0.3) is 0 Å². The molecule has 0 unspecified atom stereocenters. The van der Waals surface area contributed by atoms with Gasteiger partial charge < -0.3 is 30.0 Å². The van der Waals surface area contributed by atoms with Gasteiger partial charge in [0.2, 0.25) is 11.8 Å². The topological polar surface area (TPSA) is 258 Å². The van der Waals surface area contributed by atoms with E-state index < -0.39 is 30.0 Å². The van der Waals surface area contributed by atoms with Gasteiger partial charge in [-0.25, -0.2) is 27.7 Å². The molecule has 0 saturated carbocycles. The normalized spacial score (nSPS) is 14.1. The fraction of sp³-hybridized carbons (Fsp3) is 0. The predicted octanol–water partition coefficient (Wildman–Crippen LogP) is -2.38. The van der Waals surface area contributed by atoms with Gasteiger partial charge in [0.15, 0.2) is 11.7 Å². The molecule has 0 aliphatic carbocycles. The molecule has 0 spiro atoms. The summed E-state index contributed by atoms with van der Waals surface area (Å²) in [5.41, 5.74) is 11.7. The van der Waals surface area contributed by atoms with Crippen LogP contribution in [0.4, 0.5) is 22.7 Å². The number of hydrazone groups is 2. The maximum absolute atomic E-state index is 12.3. The van der Waals surface area contributed by atoms with Crippen molar-refractivity contribution in [3.05, 3.63) is 132 Å². The summed E-state index contributed by atoms with van der Waals surface area (Å²) < 4.78 is 73.7. The second-order valence-corrected chi connectivity index (χ2v) is 13.5. The second kappa shape index (κ2) is 18.1. The van der Waals surface area contributed by atoms with Crippen molar-refractivity contribution in [1.82, 2.24) is 21.3 Å². The maximum Gasteiger partial charge on any atom is 1.00 e. The SMILES string of the molecule is O=S(=O)([O-])c1cc(NN2N=C(Nc3ccccc3)C=C(O)N2)ccc1C=Cc1ccc(NN2N=C(Nc3ccccc3)C=C(O)N2)cc1S(=O)(=O)[O-].[Na+].[Na+]. The third-order valence-corrected chi connectivity index (χ3v) is 8.76. The summed E-state index contributed by atoms with van der Waals surface area (Å²) in [6.07, 6.45) is 4.96. The molecule has 0 radical (unpaired) electrons. The summed E-state index contributed by atoms with van der Waals surface area (Å²) in [5, 5.41) is 36.7.